The summed E-state index contributed by atoms with van der Waals surface area (Å²) < 4.78 is 5.81. The predicted octanol–water partition coefficient (Wildman–Crippen LogP) is 4.12. The standard InChI is InChI=1S/C18H20N2O/c1-18(2,13-19)14-20-12-15-7-6-10-17(11-15)21-16-8-4-3-5-9-16/h3-11,20H,12,14H2,1-2H3. The second-order valence-corrected chi connectivity index (χ2v) is 5.66. The van der Waals surface area contributed by atoms with Gasteiger partial charge in [-0.05, 0) is 43.7 Å². The Morgan fingerprint density at radius 1 is 1.05 bits per heavy atom. The van der Waals surface area contributed by atoms with Gasteiger partial charge in [0.2, 0.25) is 0 Å². The van der Waals surface area contributed by atoms with Gasteiger partial charge in [-0.25, -0.2) is 0 Å². The smallest absolute Gasteiger partial charge is 0.127 e. The number of para-hydroxylation sites is 1. The highest BCUT2D eigenvalue weighted by molar-refractivity contribution is 5.33. The predicted molar refractivity (Wildman–Crippen MR) is 84.1 cm³/mol. The van der Waals surface area contributed by atoms with Crippen molar-refractivity contribution in [1.29, 1.82) is 5.26 Å². The van der Waals surface area contributed by atoms with Crippen LogP contribution in [0.1, 0.15) is 19.4 Å². The molecule has 0 amide bonds. The van der Waals surface area contributed by atoms with E-state index in [0.717, 1.165) is 23.6 Å². The summed E-state index contributed by atoms with van der Waals surface area (Å²) in [6.45, 7) is 5.23. The first-order chi connectivity index (χ1) is 10.1. The zero-order valence-electron chi connectivity index (χ0n) is 12.5. The average Bonchev–Trinajstić information content (AvgIpc) is 2.48. The number of nitrogens with zero attached hydrogens (tertiary/aromatic N) is 1. The Morgan fingerprint density at radius 3 is 2.48 bits per heavy atom. The van der Waals surface area contributed by atoms with Gasteiger partial charge in [0.05, 0.1) is 11.5 Å². The highest BCUT2D eigenvalue weighted by Crippen LogP contribution is 2.21. The molecule has 2 aromatic rings. The molecule has 0 bridgehead atoms. The van der Waals surface area contributed by atoms with Gasteiger partial charge in [0.1, 0.15) is 11.5 Å². The molecule has 0 saturated carbocycles. The fourth-order valence-corrected chi connectivity index (χ4v) is 1.90. The first-order valence-electron chi connectivity index (χ1n) is 7.03. The highest BCUT2D eigenvalue weighted by atomic mass is 16.5. The zero-order valence-corrected chi connectivity index (χ0v) is 12.5. The van der Waals surface area contributed by atoms with Gasteiger partial charge >= 0.3 is 0 Å². The Labute approximate surface area is 126 Å². The Hall–Kier alpha value is -2.31. The summed E-state index contributed by atoms with van der Waals surface area (Å²) in [6.07, 6.45) is 0. The van der Waals surface area contributed by atoms with Gasteiger partial charge in [0.25, 0.3) is 0 Å². The molecule has 21 heavy (non-hydrogen) atoms. The molecule has 2 aromatic carbocycles. The van der Waals surface area contributed by atoms with Crippen LogP contribution in [0.2, 0.25) is 0 Å². The number of nitrogens with one attached hydrogen (secondary N) is 1. The van der Waals surface area contributed by atoms with Crippen LogP contribution >= 0.6 is 0 Å². The molecular formula is C18H20N2O. The van der Waals surface area contributed by atoms with Gasteiger partial charge in [-0.2, -0.15) is 5.26 Å². The highest BCUT2D eigenvalue weighted by Gasteiger charge is 2.15. The van der Waals surface area contributed by atoms with Crippen molar-refractivity contribution in [1.82, 2.24) is 5.32 Å². The number of benzene rings is 2. The molecule has 0 radical (unpaired) electrons. The molecule has 3 nitrogen and oxygen atoms in total. The maximum Gasteiger partial charge on any atom is 0.127 e. The molecule has 0 fully saturated rings. The fourth-order valence-electron chi connectivity index (χ4n) is 1.90. The zero-order chi connectivity index (χ0) is 15.1. The van der Waals surface area contributed by atoms with E-state index in [4.69, 9.17) is 10.00 Å². The van der Waals surface area contributed by atoms with Gasteiger partial charge in [-0.3, -0.25) is 0 Å². The molecule has 0 atom stereocenters. The van der Waals surface area contributed by atoms with Crippen molar-refractivity contribution < 1.29 is 4.74 Å². The van der Waals surface area contributed by atoms with Crippen LogP contribution in [0.25, 0.3) is 0 Å². The van der Waals surface area contributed by atoms with Crippen LogP contribution in [-0.4, -0.2) is 6.54 Å². The van der Waals surface area contributed by atoms with Gasteiger partial charge in [-0.1, -0.05) is 30.3 Å². The summed E-state index contributed by atoms with van der Waals surface area (Å²) in [7, 11) is 0. The maximum absolute atomic E-state index is 8.99. The lowest BCUT2D eigenvalue weighted by Gasteiger charge is -2.16. The van der Waals surface area contributed by atoms with Crippen LogP contribution in [0.4, 0.5) is 0 Å². The number of rotatable bonds is 6. The third-order valence-corrected chi connectivity index (χ3v) is 3.08. The largest absolute Gasteiger partial charge is 0.457 e. The topological polar surface area (TPSA) is 45.0 Å². The van der Waals surface area contributed by atoms with Crippen LogP contribution in [-0.2, 0) is 6.54 Å². The number of hydrogen-bond donors (Lipinski definition) is 1. The van der Waals surface area contributed by atoms with Crippen molar-refractivity contribution in [2.75, 3.05) is 6.54 Å². The van der Waals surface area contributed by atoms with Gasteiger partial charge in [-0.15, -0.1) is 0 Å². The van der Waals surface area contributed by atoms with E-state index in [1.165, 1.54) is 0 Å². The van der Waals surface area contributed by atoms with Gasteiger partial charge < -0.3 is 10.1 Å². The third-order valence-electron chi connectivity index (χ3n) is 3.08. The molecule has 0 unspecified atom stereocenters. The van der Waals surface area contributed by atoms with E-state index in [1.54, 1.807) is 0 Å². The normalized spacial score (nSPS) is 10.9. The minimum absolute atomic E-state index is 0.349. The van der Waals surface area contributed by atoms with Crippen LogP contribution in [0.3, 0.4) is 0 Å². The Bertz CT molecular complexity index is 615. The van der Waals surface area contributed by atoms with E-state index >= 15 is 0 Å². The van der Waals surface area contributed by atoms with Crippen molar-refractivity contribution in [3.63, 3.8) is 0 Å². The molecule has 0 saturated heterocycles. The van der Waals surface area contributed by atoms with Crippen LogP contribution < -0.4 is 10.1 Å². The minimum atomic E-state index is -0.349. The van der Waals surface area contributed by atoms with Crippen LogP contribution in [0, 0.1) is 16.7 Å². The van der Waals surface area contributed by atoms with Gasteiger partial charge in [0.15, 0.2) is 0 Å². The summed E-state index contributed by atoms with van der Waals surface area (Å²) >= 11 is 0. The van der Waals surface area contributed by atoms with Gasteiger partial charge in [0, 0.05) is 13.1 Å². The van der Waals surface area contributed by atoms with Crippen molar-refractivity contribution in [3.8, 4) is 17.6 Å². The third kappa shape index (κ3) is 4.94. The summed E-state index contributed by atoms with van der Waals surface area (Å²) in [5.41, 5.74) is 0.787. The van der Waals surface area contributed by atoms with E-state index in [9.17, 15) is 0 Å². The Morgan fingerprint density at radius 2 is 1.76 bits per heavy atom. The van der Waals surface area contributed by atoms with E-state index in [-0.39, 0.29) is 5.41 Å². The molecule has 2 rings (SSSR count). The first kappa shape index (κ1) is 15.1. The molecule has 1 N–H and O–H groups in total. The lowest BCUT2D eigenvalue weighted by Crippen LogP contribution is -2.27. The number of ether oxygens (including phenoxy) is 1. The quantitative estimate of drug-likeness (QED) is 0.865. The Kier molecular flexibility index (Phi) is 4.97. The van der Waals surface area contributed by atoms with Crippen molar-refractivity contribution in [2.45, 2.75) is 20.4 Å². The van der Waals surface area contributed by atoms with E-state index < -0.39 is 0 Å². The molecule has 108 valence electrons. The lowest BCUT2D eigenvalue weighted by atomic mass is 9.96. The molecule has 0 aromatic heterocycles. The van der Waals surface area contributed by atoms with Crippen molar-refractivity contribution >= 4 is 0 Å². The van der Waals surface area contributed by atoms with E-state index in [2.05, 4.69) is 11.4 Å². The average molecular weight is 280 g/mol. The van der Waals surface area contributed by atoms with Crippen molar-refractivity contribution in [3.05, 3.63) is 60.2 Å². The number of hydrogen-bond acceptors (Lipinski definition) is 3. The summed E-state index contributed by atoms with van der Waals surface area (Å²) in [6, 6.07) is 20.0. The van der Waals surface area contributed by atoms with E-state index in [1.807, 2.05) is 68.4 Å². The molecule has 0 heterocycles. The summed E-state index contributed by atoms with van der Waals surface area (Å²) in [5.74, 6) is 1.65. The van der Waals surface area contributed by atoms with Crippen LogP contribution in [0.15, 0.2) is 54.6 Å². The molecule has 0 aliphatic rings. The fraction of sp³-hybridized carbons (Fsp3) is 0.278. The Balaban J connectivity index is 1.94. The lowest BCUT2D eigenvalue weighted by molar-refractivity contribution is 0.444. The van der Waals surface area contributed by atoms with Crippen LogP contribution in [0.5, 0.6) is 11.5 Å². The molecule has 0 aliphatic heterocycles. The molecule has 0 spiro atoms. The van der Waals surface area contributed by atoms with Crippen molar-refractivity contribution in [2.24, 2.45) is 5.41 Å². The monoisotopic (exact) mass is 280 g/mol. The molecule has 3 heteroatoms. The number of nitriles is 1. The second-order valence-electron chi connectivity index (χ2n) is 5.66. The summed E-state index contributed by atoms with van der Waals surface area (Å²) in [4.78, 5) is 0. The first-order valence-corrected chi connectivity index (χ1v) is 7.03. The molecular weight excluding hydrogens is 260 g/mol. The summed E-state index contributed by atoms with van der Waals surface area (Å²) in [5, 5.41) is 12.3. The molecule has 0 aliphatic carbocycles. The van der Waals surface area contributed by atoms with E-state index in [0.29, 0.717) is 6.54 Å². The minimum Gasteiger partial charge on any atom is -0.457 e. The SMILES string of the molecule is CC(C)(C#N)CNCc1cccc(Oc2ccccc2)c1. The second kappa shape index (κ2) is 6.92. The maximum atomic E-state index is 8.99.